The molecule has 0 aliphatic carbocycles. The van der Waals surface area contributed by atoms with Gasteiger partial charge in [-0.05, 0) is 35.9 Å². The summed E-state index contributed by atoms with van der Waals surface area (Å²) in [7, 11) is -3.44. The average Bonchev–Trinajstić information content (AvgIpc) is 3.42. The Morgan fingerprint density at radius 3 is 2.48 bits per heavy atom. The molecule has 0 spiro atoms. The van der Waals surface area contributed by atoms with E-state index in [1.165, 1.54) is 0 Å². The number of para-hydroxylation sites is 2. The number of furan rings is 1. The quantitative estimate of drug-likeness (QED) is 0.462. The maximum atomic E-state index is 13.1. The van der Waals surface area contributed by atoms with E-state index >= 15 is 0 Å². The van der Waals surface area contributed by atoms with Gasteiger partial charge in [0.15, 0.2) is 5.76 Å². The Bertz CT molecular complexity index is 1300. The number of aromatic nitrogens is 2. The van der Waals surface area contributed by atoms with E-state index in [1.807, 2.05) is 30.3 Å². The van der Waals surface area contributed by atoms with E-state index in [1.54, 1.807) is 53.4 Å². The first-order valence-corrected chi connectivity index (χ1v) is 11.3. The highest BCUT2D eigenvalue weighted by molar-refractivity contribution is 7.92. The summed E-state index contributed by atoms with van der Waals surface area (Å²) < 4.78 is 32.7. The van der Waals surface area contributed by atoms with Crippen molar-refractivity contribution >= 4 is 21.6 Å². The molecule has 0 saturated carbocycles. The lowest BCUT2D eigenvalue weighted by atomic mass is 10.2. The standard InChI is InChI=1S/C22H20N4O4S/c1-31(28,29)25-18-11-6-5-8-16(18)15-23-22(27)20-14-19(21-12-7-13-30-21)24-26(20)17-9-3-2-4-10-17/h2-14,25H,15H2,1H3,(H,23,27). The predicted octanol–water partition coefficient (Wildman–Crippen LogP) is 3.43. The van der Waals surface area contributed by atoms with Crippen molar-refractivity contribution in [1.29, 1.82) is 0 Å². The zero-order chi connectivity index (χ0) is 21.8. The smallest absolute Gasteiger partial charge is 0.270 e. The lowest BCUT2D eigenvalue weighted by molar-refractivity contribution is 0.0943. The van der Waals surface area contributed by atoms with Gasteiger partial charge in [-0.25, -0.2) is 13.1 Å². The lowest BCUT2D eigenvalue weighted by Gasteiger charge is -2.12. The number of sulfonamides is 1. The van der Waals surface area contributed by atoms with Crippen LogP contribution in [0, 0.1) is 0 Å². The summed E-state index contributed by atoms with van der Waals surface area (Å²) in [5.41, 5.74) is 2.63. The number of carbonyl (C=O) groups is 1. The van der Waals surface area contributed by atoms with Crippen molar-refractivity contribution < 1.29 is 17.6 Å². The van der Waals surface area contributed by atoms with Crippen LogP contribution in [0.1, 0.15) is 16.1 Å². The van der Waals surface area contributed by atoms with Crippen molar-refractivity contribution in [2.24, 2.45) is 0 Å². The molecule has 0 radical (unpaired) electrons. The monoisotopic (exact) mass is 436 g/mol. The number of benzene rings is 2. The Balaban J connectivity index is 1.62. The van der Waals surface area contributed by atoms with E-state index in [9.17, 15) is 13.2 Å². The lowest BCUT2D eigenvalue weighted by Crippen LogP contribution is -2.26. The van der Waals surface area contributed by atoms with Crippen LogP contribution in [-0.4, -0.2) is 30.4 Å². The summed E-state index contributed by atoms with van der Waals surface area (Å²) in [4.78, 5) is 13.1. The molecule has 0 saturated heterocycles. The highest BCUT2D eigenvalue weighted by atomic mass is 32.2. The van der Waals surface area contributed by atoms with E-state index in [4.69, 9.17) is 4.42 Å². The van der Waals surface area contributed by atoms with Crippen molar-refractivity contribution in [3.63, 3.8) is 0 Å². The molecule has 0 aliphatic rings. The molecule has 4 aromatic rings. The van der Waals surface area contributed by atoms with Gasteiger partial charge in [0, 0.05) is 12.6 Å². The molecular weight excluding hydrogens is 416 g/mol. The van der Waals surface area contributed by atoms with Crippen LogP contribution in [-0.2, 0) is 16.6 Å². The molecule has 0 atom stereocenters. The Kier molecular flexibility index (Phi) is 5.59. The minimum absolute atomic E-state index is 0.133. The summed E-state index contributed by atoms with van der Waals surface area (Å²) in [5, 5.41) is 7.38. The number of nitrogens with zero attached hydrogens (tertiary/aromatic N) is 2. The SMILES string of the molecule is CS(=O)(=O)Nc1ccccc1CNC(=O)c1cc(-c2ccco2)nn1-c1ccccc1. The van der Waals surface area contributed by atoms with Crippen LogP contribution in [0.15, 0.2) is 83.5 Å². The van der Waals surface area contributed by atoms with Crippen molar-refractivity contribution in [3.05, 3.63) is 90.3 Å². The molecule has 2 aromatic carbocycles. The summed E-state index contributed by atoms with van der Waals surface area (Å²) >= 11 is 0. The summed E-state index contributed by atoms with van der Waals surface area (Å²) in [6.45, 7) is 0.133. The normalized spacial score (nSPS) is 11.3. The fourth-order valence-electron chi connectivity index (χ4n) is 3.09. The van der Waals surface area contributed by atoms with E-state index in [0.29, 0.717) is 28.4 Å². The summed E-state index contributed by atoms with van der Waals surface area (Å²) in [6.07, 6.45) is 2.62. The maximum Gasteiger partial charge on any atom is 0.270 e. The molecule has 2 aromatic heterocycles. The Labute approximate surface area is 179 Å². The van der Waals surface area contributed by atoms with Gasteiger partial charge in [0.25, 0.3) is 5.91 Å². The van der Waals surface area contributed by atoms with Gasteiger partial charge in [-0.2, -0.15) is 5.10 Å². The first-order chi connectivity index (χ1) is 14.9. The number of anilines is 1. The van der Waals surface area contributed by atoms with Gasteiger partial charge < -0.3 is 9.73 Å². The highest BCUT2D eigenvalue weighted by Gasteiger charge is 2.19. The highest BCUT2D eigenvalue weighted by Crippen LogP contribution is 2.22. The molecule has 4 rings (SSSR count). The van der Waals surface area contributed by atoms with Crippen LogP contribution < -0.4 is 10.0 Å². The Morgan fingerprint density at radius 1 is 1.03 bits per heavy atom. The topological polar surface area (TPSA) is 106 Å². The van der Waals surface area contributed by atoms with Crippen LogP contribution >= 0.6 is 0 Å². The van der Waals surface area contributed by atoms with Crippen LogP contribution in [0.25, 0.3) is 17.1 Å². The minimum Gasteiger partial charge on any atom is -0.463 e. The number of hydrogen-bond donors (Lipinski definition) is 2. The van der Waals surface area contributed by atoms with Crippen molar-refractivity contribution in [3.8, 4) is 17.1 Å². The molecule has 2 N–H and O–H groups in total. The van der Waals surface area contributed by atoms with E-state index in [-0.39, 0.29) is 12.5 Å². The second-order valence-electron chi connectivity index (χ2n) is 6.85. The molecule has 2 heterocycles. The van der Waals surface area contributed by atoms with Gasteiger partial charge in [-0.3, -0.25) is 9.52 Å². The van der Waals surface area contributed by atoms with Gasteiger partial charge in [-0.15, -0.1) is 0 Å². The van der Waals surface area contributed by atoms with Gasteiger partial charge in [-0.1, -0.05) is 36.4 Å². The minimum atomic E-state index is -3.44. The average molecular weight is 436 g/mol. The number of amides is 1. The van der Waals surface area contributed by atoms with E-state index < -0.39 is 10.0 Å². The molecule has 1 amide bonds. The van der Waals surface area contributed by atoms with Crippen LogP contribution in [0.5, 0.6) is 0 Å². The van der Waals surface area contributed by atoms with Gasteiger partial charge in [0.2, 0.25) is 10.0 Å². The Hall–Kier alpha value is -3.85. The first-order valence-electron chi connectivity index (χ1n) is 9.44. The zero-order valence-corrected chi connectivity index (χ0v) is 17.5. The van der Waals surface area contributed by atoms with Gasteiger partial charge in [0.05, 0.1) is 23.9 Å². The molecular formula is C22H20N4O4S. The molecule has 0 fully saturated rings. The zero-order valence-electron chi connectivity index (χ0n) is 16.6. The van der Waals surface area contributed by atoms with Crippen LogP contribution in [0.4, 0.5) is 5.69 Å². The molecule has 0 bridgehead atoms. The van der Waals surface area contributed by atoms with E-state index in [0.717, 1.165) is 11.9 Å². The fourth-order valence-corrected chi connectivity index (χ4v) is 3.69. The predicted molar refractivity (Wildman–Crippen MR) is 117 cm³/mol. The van der Waals surface area contributed by atoms with Crippen molar-refractivity contribution in [2.45, 2.75) is 6.54 Å². The van der Waals surface area contributed by atoms with Gasteiger partial charge >= 0.3 is 0 Å². The van der Waals surface area contributed by atoms with E-state index in [2.05, 4.69) is 15.1 Å². The summed E-state index contributed by atoms with van der Waals surface area (Å²) in [6, 6.07) is 21.4. The number of carbonyl (C=O) groups excluding carboxylic acids is 1. The molecule has 31 heavy (non-hydrogen) atoms. The van der Waals surface area contributed by atoms with Crippen molar-refractivity contribution in [1.82, 2.24) is 15.1 Å². The fraction of sp³-hybridized carbons (Fsp3) is 0.0909. The van der Waals surface area contributed by atoms with Gasteiger partial charge in [0.1, 0.15) is 11.4 Å². The third kappa shape index (κ3) is 4.84. The van der Waals surface area contributed by atoms with Crippen LogP contribution in [0.2, 0.25) is 0 Å². The second-order valence-corrected chi connectivity index (χ2v) is 8.60. The largest absolute Gasteiger partial charge is 0.463 e. The number of hydrogen-bond acceptors (Lipinski definition) is 5. The second kappa shape index (κ2) is 8.49. The van der Waals surface area contributed by atoms with Crippen LogP contribution in [0.3, 0.4) is 0 Å². The number of nitrogens with one attached hydrogen (secondary N) is 2. The van der Waals surface area contributed by atoms with Crippen molar-refractivity contribution in [2.75, 3.05) is 11.0 Å². The maximum absolute atomic E-state index is 13.1. The third-order valence-electron chi connectivity index (χ3n) is 4.47. The summed E-state index contributed by atoms with van der Waals surface area (Å²) in [5.74, 6) is 0.190. The Morgan fingerprint density at radius 2 is 1.77 bits per heavy atom. The third-order valence-corrected chi connectivity index (χ3v) is 5.06. The number of rotatable bonds is 7. The molecule has 158 valence electrons. The molecule has 8 nitrogen and oxygen atoms in total. The molecule has 0 aliphatic heterocycles. The first kappa shape index (κ1) is 20.4. The molecule has 0 unspecified atom stereocenters. The molecule has 9 heteroatoms.